The molecule has 4 rings (SSSR count). The van der Waals surface area contributed by atoms with Crippen LogP contribution < -0.4 is 5.32 Å². The molecule has 5 nitrogen and oxygen atoms in total. The average Bonchev–Trinajstić information content (AvgIpc) is 3.03. The van der Waals surface area contributed by atoms with Gasteiger partial charge in [-0.25, -0.2) is 9.97 Å². The molecule has 2 heterocycles. The topological polar surface area (TPSA) is 68.0 Å². The maximum Gasteiger partial charge on any atom is 0.270 e. The number of oxazole rings is 1. The van der Waals surface area contributed by atoms with Crippen molar-refractivity contribution >= 4 is 39.9 Å². The molecule has 1 aliphatic carbocycles. The summed E-state index contributed by atoms with van der Waals surface area (Å²) >= 11 is 7.37. The van der Waals surface area contributed by atoms with Crippen LogP contribution in [0.15, 0.2) is 28.0 Å². The fourth-order valence-corrected chi connectivity index (χ4v) is 3.06. The Balaban J connectivity index is 1.52. The maximum absolute atomic E-state index is 11.9. The van der Waals surface area contributed by atoms with Gasteiger partial charge in [0.05, 0.1) is 6.42 Å². The number of carbonyl (C=O) groups is 1. The molecule has 1 aromatic carbocycles. The zero-order chi connectivity index (χ0) is 15.1. The van der Waals surface area contributed by atoms with E-state index < -0.39 is 0 Å². The fraction of sp³-hybridized carbons (Fsp3) is 0.267. The normalized spacial score (nSPS) is 14.4. The summed E-state index contributed by atoms with van der Waals surface area (Å²) in [5.41, 5.74) is 1.89. The molecule has 0 saturated heterocycles. The summed E-state index contributed by atoms with van der Waals surface area (Å²) in [6.07, 6.45) is 2.59. The van der Waals surface area contributed by atoms with Gasteiger partial charge in [-0.2, -0.15) is 0 Å². The van der Waals surface area contributed by atoms with Gasteiger partial charge in [-0.3, -0.25) is 4.79 Å². The van der Waals surface area contributed by atoms with Crippen molar-refractivity contribution in [1.82, 2.24) is 15.3 Å². The van der Waals surface area contributed by atoms with Crippen molar-refractivity contribution in [2.75, 3.05) is 0 Å². The standard InChI is InChI=1S/C15H12ClN3O2S/c16-8-1-4-10-12(5-8)21-13(18-10)6-14-19-11(7-22-14)15(20)17-9-2-3-9/h1,4-5,7,9H,2-3,6H2,(H,17,20). The van der Waals surface area contributed by atoms with Gasteiger partial charge in [0, 0.05) is 22.5 Å². The lowest BCUT2D eigenvalue weighted by atomic mass is 10.3. The van der Waals surface area contributed by atoms with E-state index in [4.69, 9.17) is 16.0 Å². The van der Waals surface area contributed by atoms with Gasteiger partial charge in [-0.05, 0) is 25.0 Å². The fourth-order valence-electron chi connectivity index (χ4n) is 2.13. The van der Waals surface area contributed by atoms with Crippen molar-refractivity contribution in [1.29, 1.82) is 0 Å². The van der Waals surface area contributed by atoms with Crippen molar-refractivity contribution in [2.24, 2.45) is 0 Å². The molecule has 2 aromatic heterocycles. The SMILES string of the molecule is O=C(NC1CC1)c1csc(Cc2nc3ccc(Cl)cc3o2)n1. The van der Waals surface area contributed by atoms with E-state index in [2.05, 4.69) is 15.3 Å². The minimum atomic E-state index is -0.102. The number of aromatic nitrogens is 2. The van der Waals surface area contributed by atoms with E-state index in [1.165, 1.54) is 11.3 Å². The Morgan fingerprint density at radius 2 is 2.27 bits per heavy atom. The van der Waals surface area contributed by atoms with Crippen molar-refractivity contribution in [3.8, 4) is 0 Å². The van der Waals surface area contributed by atoms with Crippen molar-refractivity contribution in [3.05, 3.63) is 45.2 Å². The predicted molar refractivity (Wildman–Crippen MR) is 84.4 cm³/mol. The number of nitrogens with zero attached hydrogens (tertiary/aromatic N) is 2. The van der Waals surface area contributed by atoms with E-state index in [-0.39, 0.29) is 5.91 Å². The maximum atomic E-state index is 11.9. The highest BCUT2D eigenvalue weighted by atomic mass is 35.5. The lowest BCUT2D eigenvalue weighted by molar-refractivity contribution is 0.0946. The van der Waals surface area contributed by atoms with E-state index in [9.17, 15) is 4.79 Å². The molecule has 112 valence electrons. The molecule has 1 fully saturated rings. The molecular weight excluding hydrogens is 322 g/mol. The molecule has 0 spiro atoms. The van der Waals surface area contributed by atoms with Crippen molar-refractivity contribution < 1.29 is 9.21 Å². The minimum absolute atomic E-state index is 0.102. The number of hydrogen-bond acceptors (Lipinski definition) is 5. The van der Waals surface area contributed by atoms with Gasteiger partial charge in [-0.1, -0.05) is 11.6 Å². The average molecular weight is 334 g/mol. The van der Waals surface area contributed by atoms with Gasteiger partial charge in [-0.15, -0.1) is 11.3 Å². The van der Waals surface area contributed by atoms with E-state index in [0.717, 1.165) is 23.4 Å². The summed E-state index contributed by atoms with van der Waals surface area (Å²) in [5, 5.41) is 6.12. The second-order valence-corrected chi connectivity index (χ2v) is 6.65. The van der Waals surface area contributed by atoms with Crippen LogP contribution in [0, 0.1) is 0 Å². The largest absolute Gasteiger partial charge is 0.440 e. The number of hydrogen-bond donors (Lipinski definition) is 1. The third kappa shape index (κ3) is 2.84. The highest BCUT2D eigenvalue weighted by molar-refractivity contribution is 7.09. The van der Waals surface area contributed by atoms with Crippen molar-refractivity contribution in [3.63, 3.8) is 0 Å². The predicted octanol–water partition coefficient (Wildman–Crippen LogP) is 3.42. The smallest absolute Gasteiger partial charge is 0.270 e. The van der Waals surface area contributed by atoms with Crippen LogP contribution in [0.25, 0.3) is 11.1 Å². The number of nitrogens with one attached hydrogen (secondary N) is 1. The lowest BCUT2D eigenvalue weighted by Gasteiger charge is -1.98. The zero-order valence-electron chi connectivity index (χ0n) is 11.5. The van der Waals surface area contributed by atoms with Crippen LogP contribution in [0.5, 0.6) is 0 Å². The van der Waals surface area contributed by atoms with Gasteiger partial charge in [0.25, 0.3) is 5.91 Å². The van der Waals surface area contributed by atoms with E-state index in [1.807, 2.05) is 6.07 Å². The molecule has 3 aromatic rings. The lowest BCUT2D eigenvalue weighted by Crippen LogP contribution is -2.25. The molecule has 1 saturated carbocycles. The Morgan fingerprint density at radius 3 is 3.09 bits per heavy atom. The summed E-state index contributed by atoms with van der Waals surface area (Å²) in [6, 6.07) is 5.67. The minimum Gasteiger partial charge on any atom is -0.440 e. The van der Waals surface area contributed by atoms with Crippen LogP contribution in [-0.4, -0.2) is 21.9 Å². The van der Waals surface area contributed by atoms with E-state index in [0.29, 0.717) is 34.7 Å². The molecule has 1 N–H and O–H groups in total. The van der Waals surface area contributed by atoms with Gasteiger partial charge in [0.1, 0.15) is 16.2 Å². The first kappa shape index (κ1) is 13.7. The molecule has 7 heteroatoms. The highest BCUT2D eigenvalue weighted by Gasteiger charge is 2.24. The second kappa shape index (κ2) is 5.37. The Kier molecular flexibility index (Phi) is 3.35. The van der Waals surface area contributed by atoms with Gasteiger partial charge in [0.2, 0.25) is 5.89 Å². The first-order valence-corrected chi connectivity index (χ1v) is 8.23. The third-order valence-electron chi connectivity index (χ3n) is 3.39. The number of thiazole rings is 1. The Bertz CT molecular complexity index is 853. The molecule has 0 aliphatic heterocycles. The summed E-state index contributed by atoms with van der Waals surface area (Å²) in [6.45, 7) is 0. The Morgan fingerprint density at radius 1 is 1.41 bits per heavy atom. The van der Waals surface area contributed by atoms with Crippen LogP contribution in [0.1, 0.15) is 34.2 Å². The first-order valence-electron chi connectivity index (χ1n) is 6.97. The second-order valence-electron chi connectivity index (χ2n) is 5.27. The van der Waals surface area contributed by atoms with Gasteiger partial charge >= 0.3 is 0 Å². The summed E-state index contributed by atoms with van der Waals surface area (Å²) in [5.74, 6) is 0.468. The monoisotopic (exact) mass is 333 g/mol. The molecule has 1 aliphatic rings. The number of rotatable bonds is 4. The summed E-state index contributed by atoms with van der Waals surface area (Å²) in [7, 11) is 0. The van der Waals surface area contributed by atoms with Crippen LogP contribution >= 0.6 is 22.9 Å². The summed E-state index contributed by atoms with van der Waals surface area (Å²) < 4.78 is 5.67. The Labute approximate surface area is 135 Å². The molecule has 0 radical (unpaired) electrons. The zero-order valence-corrected chi connectivity index (χ0v) is 13.1. The quantitative estimate of drug-likeness (QED) is 0.794. The molecule has 0 atom stereocenters. The molecule has 22 heavy (non-hydrogen) atoms. The Hall–Kier alpha value is -1.92. The molecule has 0 bridgehead atoms. The molecule has 1 amide bonds. The van der Waals surface area contributed by atoms with Crippen LogP contribution in [-0.2, 0) is 6.42 Å². The highest BCUT2D eigenvalue weighted by Crippen LogP contribution is 2.23. The van der Waals surface area contributed by atoms with Gasteiger partial charge < -0.3 is 9.73 Å². The number of benzene rings is 1. The molecular formula is C15H12ClN3O2S. The first-order chi connectivity index (χ1) is 10.7. The summed E-state index contributed by atoms with van der Waals surface area (Å²) in [4.78, 5) is 20.7. The van der Waals surface area contributed by atoms with E-state index >= 15 is 0 Å². The van der Waals surface area contributed by atoms with Crippen LogP contribution in [0.2, 0.25) is 5.02 Å². The number of fused-ring (bicyclic) bond motifs is 1. The van der Waals surface area contributed by atoms with Crippen molar-refractivity contribution in [2.45, 2.75) is 25.3 Å². The van der Waals surface area contributed by atoms with Crippen LogP contribution in [0.3, 0.4) is 0 Å². The third-order valence-corrected chi connectivity index (χ3v) is 4.48. The van der Waals surface area contributed by atoms with E-state index in [1.54, 1.807) is 17.5 Å². The van der Waals surface area contributed by atoms with Gasteiger partial charge in [0.15, 0.2) is 5.58 Å². The van der Waals surface area contributed by atoms with Crippen LogP contribution in [0.4, 0.5) is 0 Å². The molecule has 0 unspecified atom stereocenters. The number of amides is 1. The number of halogens is 1. The number of carbonyl (C=O) groups excluding carboxylic acids is 1.